The highest BCUT2D eigenvalue weighted by Crippen LogP contribution is 2.58. The first kappa shape index (κ1) is 72.3. The number of fused-ring (bicyclic) bond motifs is 21. The molecular weight excluding hydrogens is 1510 g/mol. The number of hydrogen-bond donors (Lipinski definition) is 0. The van der Waals surface area contributed by atoms with Crippen molar-refractivity contribution in [1.82, 2.24) is 4.57 Å². The van der Waals surface area contributed by atoms with Crippen LogP contribution in [-0.4, -0.2) is 4.57 Å². The molecule has 0 spiro atoms. The first-order valence-corrected chi connectivity index (χ1v) is 44.7. The molecule has 0 amide bonds. The Kier molecular flexibility index (Phi) is 15.1. The molecule has 20 aromatic rings. The van der Waals surface area contributed by atoms with Crippen molar-refractivity contribution in [2.24, 2.45) is 0 Å². The number of nitrogens with zero attached hydrogens (tertiary/aromatic N) is 1. The maximum absolute atomic E-state index is 7.44. The normalized spacial score (nSPS) is 17.0. The number of benzene rings is 17. The summed E-state index contributed by atoms with van der Waals surface area (Å²) in [5.74, 6) is 0.399. The Morgan fingerprint density at radius 3 is 1.05 bits per heavy atom. The van der Waals surface area contributed by atoms with Crippen LogP contribution in [0.2, 0.25) is 0 Å². The minimum atomic E-state index is -0.191. The molecule has 3 heterocycles. The van der Waals surface area contributed by atoms with Gasteiger partial charge in [0.2, 0.25) is 0 Å². The van der Waals surface area contributed by atoms with Crippen LogP contribution in [0.1, 0.15) is 136 Å². The maximum Gasteiger partial charge on any atom is 0.143 e. The molecule has 2 unspecified atom stereocenters. The zero-order chi connectivity index (χ0) is 83.4. The van der Waals surface area contributed by atoms with Crippen molar-refractivity contribution in [3.63, 3.8) is 0 Å². The van der Waals surface area contributed by atoms with E-state index in [4.69, 9.17) is 8.83 Å². The molecule has 0 saturated carbocycles. The lowest BCUT2D eigenvalue weighted by atomic mass is 9.75. The third-order valence-electron chi connectivity index (χ3n) is 30.5. The van der Waals surface area contributed by atoms with E-state index in [-0.39, 0.29) is 33.5 Å². The predicted octanol–water partition coefficient (Wildman–Crippen LogP) is 33.1. The zero-order valence-corrected chi connectivity index (χ0v) is 71.4. The first-order valence-electron chi connectivity index (χ1n) is 44.7. The van der Waals surface area contributed by atoms with Crippen molar-refractivity contribution < 1.29 is 8.83 Å². The van der Waals surface area contributed by atoms with E-state index in [9.17, 15) is 0 Å². The lowest BCUT2D eigenvalue weighted by molar-refractivity contribution is 0.591. The van der Waals surface area contributed by atoms with Crippen LogP contribution in [0.15, 0.2) is 378 Å². The second kappa shape index (κ2) is 26.1. The molecule has 0 aliphatic heterocycles. The van der Waals surface area contributed by atoms with E-state index in [1.54, 1.807) is 0 Å². The molecular formula is C122H89NO2. The Labute approximate surface area is 727 Å². The summed E-state index contributed by atoms with van der Waals surface area (Å²) >= 11 is 0. The number of rotatable bonds is 9. The van der Waals surface area contributed by atoms with Gasteiger partial charge in [-0.3, -0.25) is 0 Å². The number of hydrogen-bond acceptors (Lipinski definition) is 2. The second-order valence-corrected chi connectivity index (χ2v) is 38.4. The highest BCUT2D eigenvalue weighted by atomic mass is 16.3. The smallest absolute Gasteiger partial charge is 0.143 e. The van der Waals surface area contributed by atoms with Crippen molar-refractivity contribution in [3.8, 4) is 94.7 Å². The Hall–Kier alpha value is -14.4. The van der Waals surface area contributed by atoms with Gasteiger partial charge >= 0.3 is 0 Å². The van der Waals surface area contributed by atoms with Gasteiger partial charge in [-0.2, -0.15) is 0 Å². The molecule has 0 N–H and O–H groups in total. The molecule has 3 aromatic heterocycles. The molecule has 0 radical (unpaired) electrons. The van der Waals surface area contributed by atoms with E-state index in [2.05, 4.69) is 418 Å². The van der Waals surface area contributed by atoms with E-state index in [1.807, 2.05) is 0 Å². The Morgan fingerprint density at radius 2 is 0.608 bits per heavy atom. The van der Waals surface area contributed by atoms with Crippen LogP contribution in [0.5, 0.6) is 0 Å². The van der Waals surface area contributed by atoms with Crippen molar-refractivity contribution in [2.45, 2.75) is 102 Å². The van der Waals surface area contributed by atoms with Crippen LogP contribution >= 0.6 is 0 Å². The van der Waals surface area contributed by atoms with Gasteiger partial charge in [0.1, 0.15) is 22.3 Å². The topological polar surface area (TPSA) is 31.2 Å². The minimum Gasteiger partial charge on any atom is -0.455 e. The van der Waals surface area contributed by atoms with Gasteiger partial charge in [-0.15, -0.1) is 0 Å². The largest absolute Gasteiger partial charge is 0.455 e. The summed E-state index contributed by atoms with van der Waals surface area (Å²) in [5, 5.41) is 11.7. The monoisotopic (exact) mass is 1600 g/mol. The van der Waals surface area contributed by atoms with Crippen molar-refractivity contribution in [2.75, 3.05) is 0 Å². The summed E-state index contributed by atoms with van der Waals surface area (Å²) < 4.78 is 17.4. The van der Waals surface area contributed by atoms with Crippen LogP contribution in [-0.2, 0) is 21.7 Å². The number of allylic oxidation sites excluding steroid dienone is 8. The van der Waals surface area contributed by atoms with E-state index in [1.165, 1.54) is 155 Å². The van der Waals surface area contributed by atoms with Crippen LogP contribution in [0.25, 0.3) is 193 Å². The van der Waals surface area contributed by atoms with Gasteiger partial charge < -0.3 is 13.4 Å². The summed E-state index contributed by atoms with van der Waals surface area (Å²) in [7, 11) is 0. The van der Waals surface area contributed by atoms with Crippen molar-refractivity contribution >= 4 is 98.4 Å². The predicted molar refractivity (Wildman–Crippen MR) is 524 cm³/mol. The lowest BCUT2D eigenvalue weighted by Gasteiger charge is -2.29. The fraction of sp³-hybridized carbons (Fsp3) is 0.131. The first-order chi connectivity index (χ1) is 61.0. The average Bonchev–Trinajstić information content (AvgIpc) is 1.66. The Morgan fingerprint density at radius 1 is 0.248 bits per heavy atom. The lowest BCUT2D eigenvalue weighted by Crippen LogP contribution is -2.19. The molecule has 6 aliphatic carbocycles. The van der Waals surface area contributed by atoms with E-state index < -0.39 is 0 Å². The van der Waals surface area contributed by atoms with Gasteiger partial charge in [-0.25, -0.2) is 0 Å². The van der Waals surface area contributed by atoms with Gasteiger partial charge in [0, 0.05) is 82.6 Å². The molecule has 26 rings (SSSR count). The third kappa shape index (κ3) is 10.4. The fourth-order valence-corrected chi connectivity index (χ4v) is 24.0. The molecule has 3 nitrogen and oxygen atoms in total. The second-order valence-electron chi connectivity index (χ2n) is 38.4. The van der Waals surface area contributed by atoms with Gasteiger partial charge in [-0.05, 0) is 276 Å². The quantitative estimate of drug-likeness (QED) is 0.135. The highest BCUT2D eigenvalue weighted by Gasteiger charge is 2.43. The van der Waals surface area contributed by atoms with Crippen LogP contribution < -0.4 is 0 Å². The molecule has 6 aliphatic rings. The standard InChI is InChI=1S/C122H89NO2/c1-119(2)103-34-20-16-26-83(103)87-50-40-74(66-107(87)119)72-46-56-113-99(58-72)101-64-80(76-42-52-89-85-28-18-22-36-105(85)121(5,6)109(89)68-76)62-95(117(101)124-113)78-44-54-111-97(60-78)98-61-79(45-55-112(98)123(111)82-48-38-71(39-49-82)116-93-32-14-12-30-91(93)115(70-24-10-9-11-25-70)92-31-13-15-33-94(92)116)96-63-81(77-43-53-90-86-29-19-23-37-106(86)122(7,8)110(90)69-77)65-102-100-59-73(47-57-114(100)125-118(96)102)75-41-51-88-84-27-17-21-35-104(84)120(3,4)108(88)67-75/h9-65,68-69,74-75H,66-67H2,1-8H3. The molecule has 0 fully saturated rings. The summed E-state index contributed by atoms with van der Waals surface area (Å²) in [5.41, 5.74) is 44.7. The Balaban J connectivity index is 0.680. The molecule has 3 heteroatoms. The van der Waals surface area contributed by atoms with E-state index >= 15 is 0 Å². The Bertz CT molecular complexity index is 7890. The average molecular weight is 1600 g/mol. The zero-order valence-electron chi connectivity index (χ0n) is 71.4. The van der Waals surface area contributed by atoms with E-state index in [0.29, 0.717) is 0 Å². The molecule has 0 bridgehead atoms. The molecule has 0 saturated heterocycles. The fourth-order valence-electron chi connectivity index (χ4n) is 24.0. The molecule has 17 aromatic carbocycles. The molecule has 594 valence electrons. The van der Waals surface area contributed by atoms with Crippen LogP contribution in [0, 0.1) is 0 Å². The van der Waals surface area contributed by atoms with Crippen molar-refractivity contribution in [3.05, 3.63) is 425 Å². The maximum atomic E-state index is 7.44. The van der Waals surface area contributed by atoms with E-state index in [0.717, 1.165) is 118 Å². The van der Waals surface area contributed by atoms with Crippen molar-refractivity contribution in [1.29, 1.82) is 0 Å². The van der Waals surface area contributed by atoms with Gasteiger partial charge in [-0.1, -0.05) is 327 Å². The molecule has 125 heavy (non-hydrogen) atoms. The van der Waals surface area contributed by atoms with Gasteiger partial charge in [0.15, 0.2) is 0 Å². The van der Waals surface area contributed by atoms with Crippen LogP contribution in [0.4, 0.5) is 0 Å². The minimum absolute atomic E-state index is 0.0665. The van der Waals surface area contributed by atoms with Gasteiger partial charge in [0.05, 0.1) is 11.0 Å². The number of furan rings is 2. The SMILES string of the molecule is CC1(C)C2=C(C=CC(c3ccc4oc5c(-c6ccc7c(c6)c6cc(-c8cc(-c9ccc%10c(c9)C(C)(C)c9ccccc9-%10)cc9c8oc8ccc(C%10C=CC%11=C(C%10)C(C)(C)c%10ccccc%10%11)cc89)ccc6n7-c6ccc(-c7c8ccccc8c(-c8ccccc8)c8ccccc78)cc6)cc(-c6ccc7c(c6)C(C)(C)c6ccccc6-7)cc5c4c3)C2)c2ccccc21. The third-order valence-corrected chi connectivity index (χ3v) is 30.5. The highest BCUT2D eigenvalue weighted by molar-refractivity contribution is 6.22. The number of aromatic nitrogens is 1. The summed E-state index contributed by atoms with van der Waals surface area (Å²) in [6.45, 7) is 19.2. The van der Waals surface area contributed by atoms with Gasteiger partial charge in [0.25, 0.3) is 0 Å². The summed E-state index contributed by atoms with van der Waals surface area (Å²) in [6, 6.07) is 127. The summed E-state index contributed by atoms with van der Waals surface area (Å²) in [6.07, 6.45) is 11.7. The van der Waals surface area contributed by atoms with Crippen LogP contribution in [0.3, 0.4) is 0 Å². The molecule has 2 atom stereocenters. The summed E-state index contributed by atoms with van der Waals surface area (Å²) in [4.78, 5) is 0.